The predicted molar refractivity (Wildman–Crippen MR) is 67.1 cm³/mol. The van der Waals surface area contributed by atoms with Crippen LogP contribution in [0.4, 0.5) is 0 Å². The molecule has 2 aromatic rings. The van der Waals surface area contributed by atoms with Crippen LogP contribution < -0.4 is 5.73 Å². The summed E-state index contributed by atoms with van der Waals surface area (Å²) in [4.78, 5) is 4.65. The molecule has 0 atom stereocenters. The minimum atomic E-state index is 0.584. The second kappa shape index (κ2) is 4.26. The van der Waals surface area contributed by atoms with Crippen LogP contribution >= 0.6 is 0 Å². The molecule has 0 radical (unpaired) electrons. The van der Waals surface area contributed by atoms with Gasteiger partial charge in [-0.3, -0.25) is 0 Å². The van der Waals surface area contributed by atoms with Crippen molar-refractivity contribution >= 4 is 11.0 Å². The van der Waals surface area contributed by atoms with Crippen LogP contribution in [0.25, 0.3) is 11.0 Å². The van der Waals surface area contributed by atoms with E-state index in [1.54, 1.807) is 0 Å². The Morgan fingerprint density at radius 2 is 2.12 bits per heavy atom. The highest BCUT2D eigenvalue weighted by Gasteiger charge is 2.09. The molecular formula is C13H19N3. The normalized spacial score (nSPS) is 11.6. The maximum Gasteiger partial charge on any atom is 0.109 e. The van der Waals surface area contributed by atoms with Gasteiger partial charge >= 0.3 is 0 Å². The predicted octanol–water partition coefficient (Wildman–Crippen LogP) is 2.23. The quantitative estimate of drug-likeness (QED) is 0.856. The summed E-state index contributed by atoms with van der Waals surface area (Å²) in [6.07, 6.45) is 1.02. The molecule has 0 saturated carbocycles. The van der Waals surface area contributed by atoms with Gasteiger partial charge in [0, 0.05) is 20.0 Å². The summed E-state index contributed by atoms with van der Waals surface area (Å²) in [7, 11) is 2.08. The lowest BCUT2D eigenvalue weighted by atomic mass is 10.1. The number of hydrogen-bond acceptors (Lipinski definition) is 2. The van der Waals surface area contributed by atoms with Crippen molar-refractivity contribution in [1.82, 2.24) is 9.55 Å². The number of aryl methyl sites for hydroxylation is 1. The summed E-state index contributed by atoms with van der Waals surface area (Å²) in [5.41, 5.74) is 9.05. The van der Waals surface area contributed by atoms with Crippen molar-refractivity contribution in [2.24, 2.45) is 18.7 Å². The minimum Gasteiger partial charge on any atom is -0.331 e. The molecule has 1 heterocycles. The summed E-state index contributed by atoms with van der Waals surface area (Å²) in [6, 6.07) is 6.24. The van der Waals surface area contributed by atoms with E-state index in [1.165, 1.54) is 5.52 Å². The van der Waals surface area contributed by atoms with Crippen molar-refractivity contribution in [2.75, 3.05) is 0 Å². The Hall–Kier alpha value is -1.35. The van der Waals surface area contributed by atoms with Gasteiger partial charge in [-0.05, 0) is 23.6 Å². The number of nitrogens with two attached hydrogens (primary N) is 1. The Bertz CT molecular complexity index is 497. The zero-order valence-corrected chi connectivity index (χ0v) is 10.2. The van der Waals surface area contributed by atoms with Crippen LogP contribution in [0.2, 0.25) is 0 Å². The van der Waals surface area contributed by atoms with E-state index >= 15 is 0 Å². The average Bonchev–Trinajstić information content (AvgIpc) is 2.55. The molecule has 0 aliphatic rings. The Morgan fingerprint density at radius 1 is 1.38 bits per heavy atom. The molecule has 0 bridgehead atoms. The molecule has 0 aliphatic carbocycles. The summed E-state index contributed by atoms with van der Waals surface area (Å²) in [6.45, 7) is 5.01. The van der Waals surface area contributed by atoms with E-state index in [2.05, 4.69) is 48.6 Å². The summed E-state index contributed by atoms with van der Waals surface area (Å²) >= 11 is 0. The number of imidazole rings is 1. The van der Waals surface area contributed by atoms with Crippen molar-refractivity contribution in [1.29, 1.82) is 0 Å². The average molecular weight is 217 g/mol. The van der Waals surface area contributed by atoms with E-state index in [1.807, 2.05) is 0 Å². The monoisotopic (exact) mass is 217 g/mol. The highest BCUT2D eigenvalue weighted by atomic mass is 15.1. The lowest BCUT2D eigenvalue weighted by Gasteiger charge is -2.04. The van der Waals surface area contributed by atoms with Gasteiger partial charge in [0.15, 0.2) is 0 Å². The first kappa shape index (κ1) is 11.1. The highest BCUT2D eigenvalue weighted by molar-refractivity contribution is 5.76. The molecule has 1 aromatic carbocycles. The SMILES string of the molecule is CC(C)Cc1nc2ccc(CN)cc2n1C. The van der Waals surface area contributed by atoms with Gasteiger partial charge in [-0.2, -0.15) is 0 Å². The molecule has 16 heavy (non-hydrogen) atoms. The van der Waals surface area contributed by atoms with Gasteiger partial charge in [0.1, 0.15) is 5.82 Å². The zero-order chi connectivity index (χ0) is 11.7. The zero-order valence-electron chi connectivity index (χ0n) is 10.2. The summed E-state index contributed by atoms with van der Waals surface area (Å²) < 4.78 is 2.18. The van der Waals surface area contributed by atoms with E-state index in [4.69, 9.17) is 5.73 Å². The Morgan fingerprint density at radius 3 is 2.75 bits per heavy atom. The van der Waals surface area contributed by atoms with Crippen molar-refractivity contribution in [3.63, 3.8) is 0 Å². The number of rotatable bonds is 3. The Kier molecular flexibility index (Phi) is 2.97. The second-order valence-corrected chi connectivity index (χ2v) is 4.71. The first-order chi connectivity index (χ1) is 7.61. The van der Waals surface area contributed by atoms with Crippen molar-refractivity contribution < 1.29 is 0 Å². The van der Waals surface area contributed by atoms with E-state index in [0.717, 1.165) is 23.3 Å². The fourth-order valence-electron chi connectivity index (χ4n) is 1.96. The maximum absolute atomic E-state index is 5.65. The smallest absolute Gasteiger partial charge is 0.109 e. The van der Waals surface area contributed by atoms with Crippen LogP contribution in [0.1, 0.15) is 25.2 Å². The van der Waals surface area contributed by atoms with Crippen LogP contribution in [-0.4, -0.2) is 9.55 Å². The maximum atomic E-state index is 5.65. The van der Waals surface area contributed by atoms with E-state index in [9.17, 15) is 0 Å². The second-order valence-electron chi connectivity index (χ2n) is 4.71. The first-order valence-electron chi connectivity index (χ1n) is 5.76. The number of benzene rings is 1. The molecular weight excluding hydrogens is 198 g/mol. The largest absolute Gasteiger partial charge is 0.331 e. The number of hydrogen-bond donors (Lipinski definition) is 1. The van der Waals surface area contributed by atoms with Gasteiger partial charge in [-0.25, -0.2) is 4.98 Å². The van der Waals surface area contributed by atoms with E-state index < -0.39 is 0 Å². The molecule has 2 N–H and O–H groups in total. The van der Waals surface area contributed by atoms with Crippen molar-refractivity contribution in [2.45, 2.75) is 26.8 Å². The van der Waals surface area contributed by atoms with Gasteiger partial charge in [0.05, 0.1) is 11.0 Å². The van der Waals surface area contributed by atoms with Gasteiger partial charge < -0.3 is 10.3 Å². The molecule has 1 aromatic heterocycles. The van der Waals surface area contributed by atoms with Crippen molar-refractivity contribution in [3.05, 3.63) is 29.6 Å². The third-order valence-corrected chi connectivity index (χ3v) is 2.86. The lowest BCUT2D eigenvalue weighted by molar-refractivity contribution is 0.606. The third-order valence-electron chi connectivity index (χ3n) is 2.86. The number of aromatic nitrogens is 2. The summed E-state index contributed by atoms with van der Waals surface area (Å²) in [5.74, 6) is 1.78. The number of fused-ring (bicyclic) bond motifs is 1. The molecule has 0 amide bonds. The van der Waals surface area contributed by atoms with E-state index in [-0.39, 0.29) is 0 Å². The topological polar surface area (TPSA) is 43.8 Å². The first-order valence-corrected chi connectivity index (χ1v) is 5.76. The molecule has 3 nitrogen and oxygen atoms in total. The summed E-state index contributed by atoms with van der Waals surface area (Å²) in [5, 5.41) is 0. The lowest BCUT2D eigenvalue weighted by Crippen LogP contribution is -2.02. The molecule has 2 rings (SSSR count). The molecule has 0 saturated heterocycles. The molecule has 86 valence electrons. The van der Waals surface area contributed by atoms with E-state index in [0.29, 0.717) is 12.5 Å². The van der Waals surface area contributed by atoms with Gasteiger partial charge in [-0.15, -0.1) is 0 Å². The minimum absolute atomic E-state index is 0.584. The van der Waals surface area contributed by atoms with Crippen LogP contribution in [0.15, 0.2) is 18.2 Å². The van der Waals surface area contributed by atoms with Crippen LogP contribution in [-0.2, 0) is 20.0 Å². The highest BCUT2D eigenvalue weighted by Crippen LogP contribution is 2.18. The molecule has 0 spiro atoms. The van der Waals surface area contributed by atoms with Crippen LogP contribution in [0, 0.1) is 5.92 Å². The Balaban J connectivity index is 2.50. The molecule has 0 aliphatic heterocycles. The van der Waals surface area contributed by atoms with Crippen molar-refractivity contribution in [3.8, 4) is 0 Å². The van der Waals surface area contributed by atoms with Gasteiger partial charge in [-0.1, -0.05) is 19.9 Å². The fourth-order valence-corrected chi connectivity index (χ4v) is 1.96. The third kappa shape index (κ3) is 1.95. The van der Waals surface area contributed by atoms with Gasteiger partial charge in [0.2, 0.25) is 0 Å². The Labute approximate surface area is 96.3 Å². The fraction of sp³-hybridized carbons (Fsp3) is 0.462. The van der Waals surface area contributed by atoms with Crippen LogP contribution in [0.3, 0.4) is 0 Å². The number of nitrogens with zero attached hydrogens (tertiary/aromatic N) is 2. The standard InChI is InChI=1S/C13H19N3/c1-9(2)6-13-15-11-5-4-10(8-14)7-12(11)16(13)3/h4-5,7,9H,6,8,14H2,1-3H3. The molecule has 3 heteroatoms. The molecule has 0 fully saturated rings. The van der Waals surface area contributed by atoms with Gasteiger partial charge in [0.25, 0.3) is 0 Å². The van der Waals surface area contributed by atoms with Crippen LogP contribution in [0.5, 0.6) is 0 Å². The molecule has 0 unspecified atom stereocenters.